The normalized spacial score (nSPS) is 27.3. The van der Waals surface area contributed by atoms with Crippen molar-refractivity contribution in [2.24, 2.45) is 0 Å². The third-order valence-electron chi connectivity index (χ3n) is 7.02. The number of benzene rings is 1. The predicted molar refractivity (Wildman–Crippen MR) is 115 cm³/mol. The second kappa shape index (κ2) is 6.21. The molecular formula is C23H26N2O3S. The van der Waals surface area contributed by atoms with Crippen LogP contribution in [0.3, 0.4) is 0 Å². The number of amides is 3. The lowest BCUT2D eigenvalue weighted by molar-refractivity contribution is -0.117. The van der Waals surface area contributed by atoms with Crippen LogP contribution in [0.15, 0.2) is 17.0 Å². The van der Waals surface area contributed by atoms with Gasteiger partial charge in [-0.1, -0.05) is 51.2 Å². The number of thioether (sulfide) groups is 1. The van der Waals surface area contributed by atoms with Crippen molar-refractivity contribution in [1.82, 2.24) is 5.32 Å². The molecule has 6 heteroatoms. The van der Waals surface area contributed by atoms with Crippen molar-refractivity contribution in [3.05, 3.63) is 33.7 Å². The van der Waals surface area contributed by atoms with Gasteiger partial charge in [-0.3, -0.25) is 19.7 Å². The SMILES string of the molecule is Cc1cc2c3c(c1)C(C)(C)CC1(CCCCCC1)N3C(=O)C2=C1SC(=O)NC1=O. The summed E-state index contributed by atoms with van der Waals surface area (Å²) in [6, 6.07) is 4.21. The molecule has 1 saturated heterocycles. The summed E-state index contributed by atoms with van der Waals surface area (Å²) in [6.07, 6.45) is 7.58. The number of anilines is 1. The van der Waals surface area contributed by atoms with E-state index in [9.17, 15) is 14.4 Å². The Balaban J connectivity index is 1.81. The van der Waals surface area contributed by atoms with Gasteiger partial charge in [-0.25, -0.2) is 0 Å². The van der Waals surface area contributed by atoms with Crippen molar-refractivity contribution in [3.8, 4) is 0 Å². The van der Waals surface area contributed by atoms with Crippen molar-refractivity contribution in [2.45, 2.75) is 76.7 Å². The molecule has 5 rings (SSSR count). The molecule has 1 N–H and O–H groups in total. The number of aryl methyl sites for hydroxylation is 1. The lowest BCUT2D eigenvalue weighted by Gasteiger charge is -2.52. The first-order valence-corrected chi connectivity index (χ1v) is 11.3. The molecule has 3 amide bonds. The van der Waals surface area contributed by atoms with Crippen LogP contribution >= 0.6 is 11.8 Å². The van der Waals surface area contributed by atoms with E-state index in [4.69, 9.17) is 0 Å². The quantitative estimate of drug-likeness (QED) is 0.623. The molecule has 5 nitrogen and oxygen atoms in total. The van der Waals surface area contributed by atoms with E-state index in [-0.39, 0.29) is 21.8 Å². The summed E-state index contributed by atoms with van der Waals surface area (Å²) in [5.41, 5.74) is 4.22. The number of carbonyl (C=O) groups is 3. The Morgan fingerprint density at radius 3 is 2.34 bits per heavy atom. The van der Waals surface area contributed by atoms with Gasteiger partial charge in [0.1, 0.15) is 0 Å². The molecule has 2 fully saturated rings. The van der Waals surface area contributed by atoms with E-state index in [0.29, 0.717) is 5.57 Å². The Morgan fingerprint density at radius 2 is 1.72 bits per heavy atom. The Labute approximate surface area is 175 Å². The van der Waals surface area contributed by atoms with E-state index in [1.54, 1.807) is 0 Å². The first-order chi connectivity index (χ1) is 13.7. The third kappa shape index (κ3) is 2.64. The molecule has 0 aromatic heterocycles. The van der Waals surface area contributed by atoms with Crippen molar-refractivity contribution in [2.75, 3.05) is 4.90 Å². The monoisotopic (exact) mass is 410 g/mol. The Hall–Kier alpha value is -2.08. The summed E-state index contributed by atoms with van der Waals surface area (Å²) in [5.74, 6) is -0.552. The van der Waals surface area contributed by atoms with Crippen molar-refractivity contribution in [1.29, 1.82) is 0 Å². The van der Waals surface area contributed by atoms with Crippen LogP contribution < -0.4 is 10.2 Å². The topological polar surface area (TPSA) is 66.5 Å². The summed E-state index contributed by atoms with van der Waals surface area (Å²) in [7, 11) is 0. The van der Waals surface area contributed by atoms with Gasteiger partial charge in [0, 0.05) is 11.1 Å². The van der Waals surface area contributed by atoms with E-state index in [0.717, 1.165) is 60.7 Å². The predicted octanol–water partition coefficient (Wildman–Crippen LogP) is 4.81. The van der Waals surface area contributed by atoms with Crippen molar-refractivity contribution >= 4 is 40.1 Å². The number of imide groups is 1. The summed E-state index contributed by atoms with van der Waals surface area (Å²) in [6.45, 7) is 6.59. The van der Waals surface area contributed by atoms with Crippen LogP contribution in [-0.4, -0.2) is 22.6 Å². The molecule has 152 valence electrons. The van der Waals surface area contributed by atoms with Crippen LogP contribution in [0.1, 0.15) is 75.5 Å². The molecule has 0 unspecified atom stereocenters. The van der Waals surface area contributed by atoms with E-state index in [1.165, 1.54) is 18.4 Å². The van der Waals surface area contributed by atoms with Crippen molar-refractivity contribution < 1.29 is 14.4 Å². The lowest BCUT2D eigenvalue weighted by Crippen LogP contribution is -2.56. The van der Waals surface area contributed by atoms with E-state index in [1.807, 2.05) is 17.9 Å². The highest BCUT2D eigenvalue weighted by Gasteiger charge is 2.55. The molecule has 1 aromatic rings. The number of nitrogens with one attached hydrogen (secondary N) is 1. The second-order valence-corrected chi connectivity index (χ2v) is 10.6. The van der Waals surface area contributed by atoms with Gasteiger partial charge in [0.15, 0.2) is 0 Å². The van der Waals surface area contributed by atoms with Gasteiger partial charge >= 0.3 is 0 Å². The largest absolute Gasteiger partial charge is 0.301 e. The summed E-state index contributed by atoms with van der Waals surface area (Å²) in [5, 5.41) is 1.92. The molecule has 4 aliphatic rings. The average Bonchev–Trinajstić information content (AvgIpc) is 2.99. The molecule has 1 aromatic carbocycles. The number of rotatable bonds is 0. The molecule has 1 saturated carbocycles. The van der Waals surface area contributed by atoms with Gasteiger partial charge in [0.05, 0.1) is 16.2 Å². The zero-order chi connectivity index (χ0) is 20.6. The number of hydrogen-bond acceptors (Lipinski definition) is 4. The maximum Gasteiger partial charge on any atom is 0.290 e. The van der Waals surface area contributed by atoms with Crippen LogP contribution in [0, 0.1) is 6.92 Å². The number of fused-ring (bicyclic) bond motifs is 1. The summed E-state index contributed by atoms with van der Waals surface area (Å²) >= 11 is 0.855. The van der Waals surface area contributed by atoms with E-state index < -0.39 is 11.1 Å². The van der Waals surface area contributed by atoms with Gasteiger partial charge in [-0.15, -0.1) is 0 Å². The van der Waals surface area contributed by atoms with Gasteiger partial charge in [-0.05, 0) is 55.0 Å². The maximum absolute atomic E-state index is 13.9. The van der Waals surface area contributed by atoms with Gasteiger partial charge in [-0.2, -0.15) is 0 Å². The number of nitrogens with zero attached hydrogens (tertiary/aromatic N) is 1. The highest BCUT2D eigenvalue weighted by Crippen LogP contribution is 2.58. The minimum Gasteiger partial charge on any atom is -0.301 e. The average molecular weight is 411 g/mol. The Morgan fingerprint density at radius 1 is 1.03 bits per heavy atom. The van der Waals surface area contributed by atoms with Gasteiger partial charge in [0.25, 0.3) is 17.1 Å². The Bertz CT molecular complexity index is 1000. The fourth-order valence-electron chi connectivity index (χ4n) is 5.99. The fourth-order valence-corrected chi connectivity index (χ4v) is 6.76. The second-order valence-electron chi connectivity index (χ2n) is 9.60. The van der Waals surface area contributed by atoms with Crippen LogP contribution in [0.2, 0.25) is 0 Å². The van der Waals surface area contributed by atoms with Crippen LogP contribution in [0.25, 0.3) is 5.57 Å². The van der Waals surface area contributed by atoms with E-state index in [2.05, 4.69) is 25.2 Å². The molecule has 3 heterocycles. The smallest absolute Gasteiger partial charge is 0.290 e. The highest BCUT2D eigenvalue weighted by atomic mass is 32.2. The molecule has 0 atom stereocenters. The molecule has 3 aliphatic heterocycles. The molecule has 29 heavy (non-hydrogen) atoms. The molecule has 1 spiro atoms. The lowest BCUT2D eigenvalue weighted by atomic mass is 9.66. The van der Waals surface area contributed by atoms with Crippen LogP contribution in [0.5, 0.6) is 0 Å². The zero-order valence-electron chi connectivity index (χ0n) is 17.2. The first kappa shape index (κ1) is 18.9. The van der Waals surface area contributed by atoms with E-state index >= 15 is 0 Å². The standard InChI is InChI=1S/C23H26N2O3S/c1-13-10-14-16(18-19(26)24-21(28)29-18)20(27)25-17(14)15(11-13)22(2,3)12-23(25)8-6-4-5-7-9-23/h10-11H,4-9,12H2,1-3H3,(H,24,26,28). The number of carbonyl (C=O) groups excluding carboxylic acids is 3. The maximum atomic E-state index is 13.9. The van der Waals surface area contributed by atoms with Crippen molar-refractivity contribution in [3.63, 3.8) is 0 Å². The molecule has 0 radical (unpaired) electrons. The minimum atomic E-state index is -0.451. The highest BCUT2D eigenvalue weighted by molar-refractivity contribution is 8.18. The zero-order valence-corrected chi connectivity index (χ0v) is 18.0. The van der Waals surface area contributed by atoms with Gasteiger partial charge < -0.3 is 4.90 Å². The molecule has 0 bridgehead atoms. The van der Waals surface area contributed by atoms with Gasteiger partial charge in [0.2, 0.25) is 0 Å². The molecule has 1 aliphatic carbocycles. The van der Waals surface area contributed by atoms with Crippen LogP contribution in [0.4, 0.5) is 10.5 Å². The number of hydrogen-bond donors (Lipinski definition) is 1. The Kier molecular flexibility index (Phi) is 4.05. The van der Waals surface area contributed by atoms with Crippen LogP contribution in [-0.2, 0) is 15.0 Å². The molecular weight excluding hydrogens is 384 g/mol. The first-order valence-electron chi connectivity index (χ1n) is 10.5. The summed E-state index contributed by atoms with van der Waals surface area (Å²) in [4.78, 5) is 40.5. The fraction of sp³-hybridized carbons (Fsp3) is 0.522. The third-order valence-corrected chi connectivity index (χ3v) is 7.90. The minimum absolute atomic E-state index is 0.0573. The summed E-state index contributed by atoms with van der Waals surface area (Å²) < 4.78 is 0.